The standard InChI is InChI=1S/C17H16N2O2/c20-16-10-14(11-18-16)17(21)19-15-8-4-7-13(9-15)12-5-2-1-3-6-12/h1-9,14H,10-11H2,(H,18,20)(H,19,21). The van der Waals surface area contributed by atoms with Gasteiger partial charge in [-0.15, -0.1) is 0 Å². The van der Waals surface area contributed by atoms with Gasteiger partial charge in [-0.25, -0.2) is 0 Å². The maximum Gasteiger partial charge on any atom is 0.229 e. The van der Waals surface area contributed by atoms with Crippen LogP contribution in [0.1, 0.15) is 6.42 Å². The molecule has 21 heavy (non-hydrogen) atoms. The van der Waals surface area contributed by atoms with Gasteiger partial charge in [0, 0.05) is 18.7 Å². The van der Waals surface area contributed by atoms with E-state index in [9.17, 15) is 9.59 Å². The number of carbonyl (C=O) groups excluding carboxylic acids is 2. The lowest BCUT2D eigenvalue weighted by atomic mass is 10.0. The number of rotatable bonds is 3. The number of anilines is 1. The molecule has 2 amide bonds. The molecule has 0 saturated carbocycles. The Hall–Kier alpha value is -2.62. The van der Waals surface area contributed by atoms with Crippen LogP contribution in [0.5, 0.6) is 0 Å². The van der Waals surface area contributed by atoms with Crippen LogP contribution in [-0.2, 0) is 9.59 Å². The van der Waals surface area contributed by atoms with E-state index in [1.165, 1.54) is 0 Å². The monoisotopic (exact) mass is 280 g/mol. The van der Waals surface area contributed by atoms with E-state index in [0.717, 1.165) is 16.8 Å². The van der Waals surface area contributed by atoms with Gasteiger partial charge in [0.2, 0.25) is 11.8 Å². The fourth-order valence-electron chi connectivity index (χ4n) is 2.44. The van der Waals surface area contributed by atoms with Crippen molar-refractivity contribution >= 4 is 17.5 Å². The van der Waals surface area contributed by atoms with E-state index in [4.69, 9.17) is 0 Å². The molecule has 0 bridgehead atoms. The van der Waals surface area contributed by atoms with Crippen molar-refractivity contribution in [1.29, 1.82) is 0 Å². The van der Waals surface area contributed by atoms with Gasteiger partial charge in [-0.2, -0.15) is 0 Å². The van der Waals surface area contributed by atoms with Gasteiger partial charge in [0.1, 0.15) is 0 Å². The molecule has 3 rings (SSSR count). The summed E-state index contributed by atoms with van der Waals surface area (Å²) >= 11 is 0. The summed E-state index contributed by atoms with van der Waals surface area (Å²) in [4.78, 5) is 23.3. The number of nitrogens with one attached hydrogen (secondary N) is 2. The lowest BCUT2D eigenvalue weighted by Gasteiger charge is -2.10. The van der Waals surface area contributed by atoms with Gasteiger partial charge in [-0.1, -0.05) is 42.5 Å². The molecule has 0 aromatic heterocycles. The topological polar surface area (TPSA) is 58.2 Å². The van der Waals surface area contributed by atoms with Crippen LogP contribution >= 0.6 is 0 Å². The molecule has 106 valence electrons. The van der Waals surface area contributed by atoms with Gasteiger partial charge in [0.15, 0.2) is 0 Å². The van der Waals surface area contributed by atoms with Crippen molar-refractivity contribution in [3.05, 3.63) is 54.6 Å². The van der Waals surface area contributed by atoms with Crippen LogP contribution in [0.3, 0.4) is 0 Å². The first-order valence-electron chi connectivity index (χ1n) is 6.95. The summed E-state index contributed by atoms with van der Waals surface area (Å²) in [6.45, 7) is 0.420. The van der Waals surface area contributed by atoms with E-state index in [2.05, 4.69) is 10.6 Å². The van der Waals surface area contributed by atoms with Gasteiger partial charge in [-0.05, 0) is 23.3 Å². The summed E-state index contributed by atoms with van der Waals surface area (Å²) < 4.78 is 0. The molecule has 2 N–H and O–H groups in total. The lowest BCUT2D eigenvalue weighted by molar-refractivity contribution is -0.123. The van der Waals surface area contributed by atoms with E-state index in [0.29, 0.717) is 6.54 Å². The molecule has 0 spiro atoms. The Bertz CT molecular complexity index is 668. The summed E-state index contributed by atoms with van der Waals surface area (Å²) in [5.41, 5.74) is 2.90. The zero-order valence-electron chi connectivity index (χ0n) is 11.5. The minimum atomic E-state index is -0.280. The van der Waals surface area contributed by atoms with Crippen LogP contribution in [0.4, 0.5) is 5.69 Å². The quantitative estimate of drug-likeness (QED) is 0.907. The maximum absolute atomic E-state index is 12.1. The highest BCUT2D eigenvalue weighted by Crippen LogP contribution is 2.23. The zero-order valence-corrected chi connectivity index (χ0v) is 11.5. The Morgan fingerprint density at radius 3 is 2.52 bits per heavy atom. The second-order valence-electron chi connectivity index (χ2n) is 5.14. The van der Waals surface area contributed by atoms with Gasteiger partial charge < -0.3 is 10.6 Å². The van der Waals surface area contributed by atoms with Crippen LogP contribution in [-0.4, -0.2) is 18.4 Å². The Kier molecular flexibility index (Phi) is 3.69. The summed E-state index contributed by atoms with van der Waals surface area (Å²) in [5.74, 6) is -0.454. The molecule has 2 aromatic carbocycles. The molecule has 1 heterocycles. The molecule has 4 heteroatoms. The Morgan fingerprint density at radius 2 is 1.81 bits per heavy atom. The number of carbonyl (C=O) groups is 2. The highest BCUT2D eigenvalue weighted by molar-refractivity contribution is 5.97. The molecule has 0 radical (unpaired) electrons. The van der Waals surface area contributed by atoms with Crippen molar-refractivity contribution in [2.24, 2.45) is 5.92 Å². The Balaban J connectivity index is 1.75. The fraction of sp³-hybridized carbons (Fsp3) is 0.176. The maximum atomic E-state index is 12.1. The average molecular weight is 280 g/mol. The van der Waals surface area contributed by atoms with Crippen LogP contribution in [0.15, 0.2) is 54.6 Å². The highest BCUT2D eigenvalue weighted by Gasteiger charge is 2.27. The van der Waals surface area contributed by atoms with E-state index in [-0.39, 0.29) is 24.2 Å². The van der Waals surface area contributed by atoms with Crippen molar-refractivity contribution < 1.29 is 9.59 Å². The number of hydrogen-bond donors (Lipinski definition) is 2. The Labute approximate surface area is 123 Å². The summed E-state index contributed by atoms with van der Waals surface area (Å²) in [6, 6.07) is 17.7. The number of benzene rings is 2. The zero-order chi connectivity index (χ0) is 14.7. The van der Waals surface area contributed by atoms with Crippen molar-refractivity contribution in [2.75, 3.05) is 11.9 Å². The molecule has 1 saturated heterocycles. The van der Waals surface area contributed by atoms with Gasteiger partial charge >= 0.3 is 0 Å². The molecule has 1 fully saturated rings. The average Bonchev–Trinajstić information content (AvgIpc) is 2.95. The smallest absolute Gasteiger partial charge is 0.229 e. The third kappa shape index (κ3) is 3.11. The molecule has 1 unspecified atom stereocenters. The number of amides is 2. The van der Waals surface area contributed by atoms with Crippen LogP contribution in [0.25, 0.3) is 11.1 Å². The summed E-state index contributed by atoms with van der Waals surface area (Å²) in [6.07, 6.45) is 0.268. The molecule has 1 aliphatic rings. The van der Waals surface area contributed by atoms with E-state index < -0.39 is 0 Å². The van der Waals surface area contributed by atoms with Crippen molar-refractivity contribution in [3.8, 4) is 11.1 Å². The van der Waals surface area contributed by atoms with E-state index in [1.807, 2.05) is 54.6 Å². The first-order chi connectivity index (χ1) is 10.2. The molecular weight excluding hydrogens is 264 g/mol. The van der Waals surface area contributed by atoms with E-state index in [1.54, 1.807) is 0 Å². The number of hydrogen-bond acceptors (Lipinski definition) is 2. The van der Waals surface area contributed by atoms with E-state index >= 15 is 0 Å². The summed E-state index contributed by atoms with van der Waals surface area (Å²) in [7, 11) is 0. The van der Waals surface area contributed by atoms with Gasteiger partial charge in [0.05, 0.1) is 5.92 Å². The highest BCUT2D eigenvalue weighted by atomic mass is 16.2. The lowest BCUT2D eigenvalue weighted by Crippen LogP contribution is -2.24. The first-order valence-corrected chi connectivity index (χ1v) is 6.95. The van der Waals surface area contributed by atoms with Crippen LogP contribution in [0, 0.1) is 5.92 Å². The van der Waals surface area contributed by atoms with Crippen molar-refractivity contribution in [3.63, 3.8) is 0 Å². The molecule has 1 atom stereocenters. The second-order valence-corrected chi connectivity index (χ2v) is 5.14. The SMILES string of the molecule is O=C1CC(C(=O)Nc2cccc(-c3ccccc3)c2)CN1. The normalized spacial score (nSPS) is 17.3. The molecular formula is C17H16N2O2. The van der Waals surface area contributed by atoms with Crippen LogP contribution in [0.2, 0.25) is 0 Å². The molecule has 2 aromatic rings. The first kappa shape index (κ1) is 13.4. The third-order valence-corrected chi connectivity index (χ3v) is 3.59. The van der Waals surface area contributed by atoms with Gasteiger partial charge in [0.25, 0.3) is 0 Å². The predicted octanol–water partition coefficient (Wildman–Crippen LogP) is 2.43. The second kappa shape index (κ2) is 5.79. The van der Waals surface area contributed by atoms with Crippen LogP contribution < -0.4 is 10.6 Å². The minimum absolute atomic E-state index is 0.0619. The van der Waals surface area contributed by atoms with Crippen molar-refractivity contribution in [2.45, 2.75) is 6.42 Å². The molecule has 4 nitrogen and oxygen atoms in total. The van der Waals surface area contributed by atoms with Crippen molar-refractivity contribution in [1.82, 2.24) is 5.32 Å². The fourth-order valence-corrected chi connectivity index (χ4v) is 2.44. The molecule has 1 aliphatic heterocycles. The molecule has 0 aliphatic carbocycles. The third-order valence-electron chi connectivity index (χ3n) is 3.59. The largest absolute Gasteiger partial charge is 0.355 e. The van der Waals surface area contributed by atoms with Gasteiger partial charge in [-0.3, -0.25) is 9.59 Å². The predicted molar refractivity (Wildman–Crippen MR) is 81.6 cm³/mol. The minimum Gasteiger partial charge on any atom is -0.355 e. The summed E-state index contributed by atoms with van der Waals surface area (Å²) in [5, 5.41) is 5.56. The Morgan fingerprint density at radius 1 is 1.05 bits per heavy atom.